The summed E-state index contributed by atoms with van der Waals surface area (Å²) in [6.45, 7) is 7.04. The van der Waals surface area contributed by atoms with E-state index in [4.69, 9.17) is 4.74 Å². The van der Waals surface area contributed by atoms with Gasteiger partial charge in [-0.1, -0.05) is 25.5 Å². The van der Waals surface area contributed by atoms with Gasteiger partial charge >= 0.3 is 0 Å². The quantitative estimate of drug-likeness (QED) is 0.879. The summed E-state index contributed by atoms with van der Waals surface area (Å²) >= 11 is 3.46. The van der Waals surface area contributed by atoms with Crippen molar-refractivity contribution in [1.29, 1.82) is 0 Å². The molecule has 1 aliphatic rings. The van der Waals surface area contributed by atoms with Gasteiger partial charge < -0.3 is 10.1 Å². The van der Waals surface area contributed by atoms with Crippen LogP contribution in [0.25, 0.3) is 0 Å². The Morgan fingerprint density at radius 3 is 2.81 bits per heavy atom. The maximum Gasteiger partial charge on any atom is 0.252 e. The average molecular weight is 354 g/mol. The molecule has 1 aliphatic heterocycles. The first kappa shape index (κ1) is 16.5. The summed E-state index contributed by atoms with van der Waals surface area (Å²) < 4.78 is 6.81. The third kappa shape index (κ3) is 3.86. The summed E-state index contributed by atoms with van der Waals surface area (Å²) in [5.74, 6) is -0.00131. The molecule has 1 saturated heterocycles. The molecule has 1 aromatic carbocycles. The van der Waals surface area contributed by atoms with Crippen LogP contribution in [0.5, 0.6) is 0 Å². The van der Waals surface area contributed by atoms with Crippen molar-refractivity contribution < 1.29 is 9.53 Å². The monoisotopic (exact) mass is 353 g/mol. The van der Waals surface area contributed by atoms with Crippen molar-refractivity contribution in [1.82, 2.24) is 5.32 Å². The van der Waals surface area contributed by atoms with E-state index in [9.17, 15) is 4.79 Å². The summed E-state index contributed by atoms with van der Waals surface area (Å²) in [7, 11) is 0. The largest absolute Gasteiger partial charge is 0.375 e. The molecule has 0 saturated carbocycles. The number of benzene rings is 1. The molecule has 1 unspecified atom stereocenters. The molecule has 4 heteroatoms. The minimum Gasteiger partial charge on any atom is -0.375 e. The molecular formula is C17H24BrNO2. The van der Waals surface area contributed by atoms with Crippen LogP contribution in [0, 0.1) is 6.92 Å². The van der Waals surface area contributed by atoms with Crippen molar-refractivity contribution in [3.63, 3.8) is 0 Å². The van der Waals surface area contributed by atoms with Crippen LogP contribution in [-0.4, -0.2) is 24.2 Å². The van der Waals surface area contributed by atoms with Crippen LogP contribution in [0.1, 0.15) is 55.5 Å². The number of amides is 1. The van der Waals surface area contributed by atoms with Gasteiger partial charge in [0.15, 0.2) is 0 Å². The van der Waals surface area contributed by atoms with Gasteiger partial charge in [0.25, 0.3) is 5.91 Å². The van der Waals surface area contributed by atoms with Gasteiger partial charge in [-0.25, -0.2) is 0 Å². The fourth-order valence-electron chi connectivity index (χ4n) is 2.97. The Balaban J connectivity index is 2.07. The molecule has 0 radical (unpaired) electrons. The number of carbonyl (C=O) groups is 1. The fraction of sp³-hybridized carbons (Fsp3) is 0.588. The molecule has 0 aliphatic carbocycles. The summed E-state index contributed by atoms with van der Waals surface area (Å²) in [6, 6.07) is 6.04. The number of hydrogen-bond acceptors (Lipinski definition) is 2. The summed E-state index contributed by atoms with van der Waals surface area (Å²) in [5.41, 5.74) is 1.73. The van der Waals surface area contributed by atoms with Gasteiger partial charge in [-0.3, -0.25) is 4.79 Å². The average Bonchev–Trinajstić information content (AvgIpc) is 2.49. The smallest absolute Gasteiger partial charge is 0.252 e. The molecular weight excluding hydrogens is 330 g/mol. The van der Waals surface area contributed by atoms with E-state index in [1.807, 2.05) is 25.1 Å². The first-order valence-electron chi connectivity index (χ1n) is 7.70. The maximum atomic E-state index is 12.5. The highest BCUT2D eigenvalue weighted by Crippen LogP contribution is 2.31. The van der Waals surface area contributed by atoms with Gasteiger partial charge in [0, 0.05) is 17.1 Å². The highest BCUT2D eigenvalue weighted by Gasteiger charge is 2.35. The third-order valence-corrected chi connectivity index (χ3v) is 5.17. The van der Waals surface area contributed by atoms with Gasteiger partial charge in [-0.2, -0.15) is 0 Å². The van der Waals surface area contributed by atoms with Gasteiger partial charge in [0.05, 0.1) is 11.2 Å². The predicted molar refractivity (Wildman–Crippen MR) is 88.6 cm³/mol. The zero-order valence-electron chi connectivity index (χ0n) is 13.0. The minimum absolute atomic E-state index is 0.00131. The number of ether oxygens (including phenoxy) is 1. The lowest BCUT2D eigenvalue weighted by atomic mass is 9.86. The normalized spacial score (nSPS) is 21.0. The van der Waals surface area contributed by atoms with E-state index in [1.165, 1.54) is 0 Å². The molecule has 1 atom stereocenters. The number of halogens is 1. The lowest BCUT2D eigenvalue weighted by molar-refractivity contribution is -0.0917. The molecule has 1 N–H and O–H groups in total. The van der Waals surface area contributed by atoms with Crippen molar-refractivity contribution >= 4 is 21.8 Å². The van der Waals surface area contributed by atoms with Crippen LogP contribution in [-0.2, 0) is 4.74 Å². The van der Waals surface area contributed by atoms with E-state index < -0.39 is 0 Å². The van der Waals surface area contributed by atoms with Crippen molar-refractivity contribution in [3.8, 4) is 0 Å². The number of nitrogens with one attached hydrogen (secondary N) is 1. The molecule has 1 heterocycles. The number of carbonyl (C=O) groups excluding carboxylic acids is 1. The molecule has 2 rings (SSSR count). The number of aryl methyl sites for hydroxylation is 1. The van der Waals surface area contributed by atoms with Crippen LogP contribution in [0.4, 0.5) is 0 Å². The van der Waals surface area contributed by atoms with E-state index in [0.29, 0.717) is 5.56 Å². The topological polar surface area (TPSA) is 38.3 Å². The molecule has 3 nitrogen and oxygen atoms in total. The molecule has 1 amide bonds. The SMILES string of the molecule is CCC1(CC)CC(NC(=O)c2cc(C)ccc2Br)CCO1. The molecule has 1 fully saturated rings. The van der Waals surface area contributed by atoms with Crippen molar-refractivity contribution in [2.75, 3.05) is 6.61 Å². The van der Waals surface area contributed by atoms with Crippen LogP contribution in [0.2, 0.25) is 0 Å². The molecule has 1 aromatic rings. The number of hydrogen-bond donors (Lipinski definition) is 1. The molecule has 0 spiro atoms. The Kier molecular flexibility index (Phi) is 5.44. The first-order chi connectivity index (χ1) is 9.99. The second kappa shape index (κ2) is 6.93. The van der Waals surface area contributed by atoms with Gasteiger partial charge in [0.1, 0.15) is 0 Å². The summed E-state index contributed by atoms with van der Waals surface area (Å²) in [6.07, 6.45) is 3.76. The fourth-order valence-corrected chi connectivity index (χ4v) is 3.40. The Labute approximate surface area is 135 Å². The van der Waals surface area contributed by atoms with E-state index in [1.54, 1.807) is 0 Å². The Morgan fingerprint density at radius 1 is 1.43 bits per heavy atom. The minimum atomic E-state index is -0.0694. The van der Waals surface area contributed by atoms with E-state index in [-0.39, 0.29) is 17.6 Å². The van der Waals surface area contributed by atoms with Gasteiger partial charge in [-0.15, -0.1) is 0 Å². The van der Waals surface area contributed by atoms with Gasteiger partial charge in [0.2, 0.25) is 0 Å². The highest BCUT2D eigenvalue weighted by atomic mass is 79.9. The summed E-state index contributed by atoms with van der Waals surface area (Å²) in [5, 5.41) is 3.18. The number of rotatable bonds is 4. The van der Waals surface area contributed by atoms with E-state index in [0.717, 1.165) is 42.3 Å². The Bertz CT molecular complexity index is 512. The van der Waals surface area contributed by atoms with Crippen molar-refractivity contribution in [2.45, 2.75) is 58.1 Å². The van der Waals surface area contributed by atoms with E-state index >= 15 is 0 Å². The molecule has 0 aromatic heterocycles. The molecule has 21 heavy (non-hydrogen) atoms. The zero-order chi connectivity index (χ0) is 15.5. The lowest BCUT2D eigenvalue weighted by Crippen LogP contribution is -2.48. The highest BCUT2D eigenvalue weighted by molar-refractivity contribution is 9.10. The van der Waals surface area contributed by atoms with Crippen LogP contribution in [0.3, 0.4) is 0 Å². The van der Waals surface area contributed by atoms with E-state index in [2.05, 4.69) is 35.1 Å². The second-order valence-corrected chi connectivity index (χ2v) is 6.74. The van der Waals surface area contributed by atoms with Crippen molar-refractivity contribution in [2.24, 2.45) is 0 Å². The van der Waals surface area contributed by atoms with Gasteiger partial charge in [-0.05, 0) is 60.7 Å². The Hall–Kier alpha value is -0.870. The van der Waals surface area contributed by atoms with Crippen LogP contribution >= 0.6 is 15.9 Å². The van der Waals surface area contributed by atoms with Crippen molar-refractivity contribution in [3.05, 3.63) is 33.8 Å². The predicted octanol–water partition coefficient (Wildman–Crippen LogP) is 4.23. The molecule has 0 bridgehead atoms. The summed E-state index contributed by atoms with van der Waals surface area (Å²) in [4.78, 5) is 12.5. The third-order valence-electron chi connectivity index (χ3n) is 4.48. The van der Waals surface area contributed by atoms with Crippen LogP contribution in [0.15, 0.2) is 22.7 Å². The second-order valence-electron chi connectivity index (χ2n) is 5.89. The van der Waals surface area contributed by atoms with Crippen LogP contribution < -0.4 is 5.32 Å². The maximum absolute atomic E-state index is 12.5. The first-order valence-corrected chi connectivity index (χ1v) is 8.50. The molecule has 116 valence electrons. The Morgan fingerprint density at radius 2 is 2.14 bits per heavy atom. The standard InChI is InChI=1S/C17H24BrNO2/c1-4-17(5-2)11-13(8-9-21-17)19-16(20)14-10-12(3)6-7-15(14)18/h6-7,10,13H,4-5,8-9,11H2,1-3H3,(H,19,20). The lowest BCUT2D eigenvalue weighted by Gasteiger charge is -2.40. The zero-order valence-corrected chi connectivity index (χ0v) is 14.6.